The van der Waals surface area contributed by atoms with Gasteiger partial charge in [0.05, 0.1) is 6.54 Å². The van der Waals surface area contributed by atoms with E-state index in [0.717, 1.165) is 31.5 Å². The molecule has 1 saturated heterocycles. The van der Waals surface area contributed by atoms with E-state index in [1.807, 2.05) is 23.8 Å². The number of likely N-dealkylation sites (N-methyl/N-ethyl adjacent to an activating group) is 1. The van der Waals surface area contributed by atoms with Gasteiger partial charge in [0.2, 0.25) is 5.91 Å². The van der Waals surface area contributed by atoms with E-state index in [4.69, 9.17) is 11.6 Å². The number of hydrogen-bond acceptors (Lipinski definition) is 4. The zero-order valence-corrected chi connectivity index (χ0v) is 11.4. The van der Waals surface area contributed by atoms with E-state index in [0.29, 0.717) is 17.5 Å². The molecular weight excluding hydrogens is 252 g/mol. The average Bonchev–Trinajstić information content (AvgIpc) is 2.86. The van der Waals surface area contributed by atoms with E-state index in [1.165, 1.54) is 6.33 Å². The number of halogens is 1. The van der Waals surface area contributed by atoms with Crippen molar-refractivity contribution in [3.8, 4) is 0 Å². The largest absolute Gasteiger partial charge is 0.350 e. The summed E-state index contributed by atoms with van der Waals surface area (Å²) in [6, 6.07) is 0. The number of nitrogens with zero attached hydrogens (tertiary/aromatic N) is 4. The van der Waals surface area contributed by atoms with Crippen LogP contribution in [0.3, 0.4) is 0 Å². The van der Waals surface area contributed by atoms with Crippen LogP contribution in [0.4, 0.5) is 5.82 Å². The minimum atomic E-state index is 0.143. The van der Waals surface area contributed by atoms with Crippen LogP contribution in [0.1, 0.15) is 18.4 Å². The quantitative estimate of drug-likeness (QED) is 0.780. The first-order valence-electron chi connectivity index (χ1n) is 6.05. The van der Waals surface area contributed by atoms with Crippen LogP contribution in [0.5, 0.6) is 0 Å². The van der Waals surface area contributed by atoms with Gasteiger partial charge in [-0.3, -0.25) is 4.79 Å². The molecule has 2 rings (SSSR count). The second kappa shape index (κ2) is 5.52. The lowest BCUT2D eigenvalue weighted by molar-refractivity contribution is -0.128. The fourth-order valence-corrected chi connectivity index (χ4v) is 2.28. The summed E-state index contributed by atoms with van der Waals surface area (Å²) in [5, 5.41) is 0.431. The summed E-state index contributed by atoms with van der Waals surface area (Å²) in [5.41, 5.74) is 0.802. The first-order valence-corrected chi connectivity index (χ1v) is 6.43. The molecule has 18 heavy (non-hydrogen) atoms. The maximum atomic E-state index is 12.0. The predicted molar refractivity (Wildman–Crippen MR) is 70.9 cm³/mol. The third-order valence-electron chi connectivity index (χ3n) is 3.19. The van der Waals surface area contributed by atoms with Crippen LogP contribution in [0.2, 0.25) is 5.15 Å². The van der Waals surface area contributed by atoms with Gasteiger partial charge in [0.1, 0.15) is 17.3 Å². The first kappa shape index (κ1) is 13.1. The fourth-order valence-electron chi connectivity index (χ4n) is 2.15. The summed E-state index contributed by atoms with van der Waals surface area (Å²) in [4.78, 5) is 23.8. The lowest BCUT2D eigenvalue weighted by atomic mass is 10.3. The van der Waals surface area contributed by atoms with Crippen molar-refractivity contribution in [1.82, 2.24) is 14.9 Å². The Hall–Kier alpha value is -1.36. The number of rotatable bonds is 3. The Morgan fingerprint density at radius 3 is 2.78 bits per heavy atom. The summed E-state index contributed by atoms with van der Waals surface area (Å²) in [7, 11) is 1.85. The molecule has 1 amide bonds. The summed E-state index contributed by atoms with van der Waals surface area (Å²) in [6.45, 7) is 3.93. The Morgan fingerprint density at radius 1 is 1.44 bits per heavy atom. The number of carbonyl (C=O) groups excluding carboxylic acids is 1. The highest BCUT2D eigenvalue weighted by Crippen LogP contribution is 2.21. The van der Waals surface area contributed by atoms with Gasteiger partial charge in [-0.2, -0.15) is 0 Å². The van der Waals surface area contributed by atoms with Crippen LogP contribution in [0, 0.1) is 6.92 Å². The minimum Gasteiger partial charge on any atom is -0.350 e. The van der Waals surface area contributed by atoms with Crippen LogP contribution < -0.4 is 4.90 Å². The molecule has 0 radical (unpaired) electrons. The fraction of sp³-hybridized carbons (Fsp3) is 0.583. The molecule has 1 fully saturated rings. The Morgan fingerprint density at radius 2 is 2.11 bits per heavy atom. The smallest absolute Gasteiger partial charge is 0.242 e. The van der Waals surface area contributed by atoms with Gasteiger partial charge in [-0.15, -0.1) is 0 Å². The molecular formula is C12H17ClN4O. The molecule has 98 valence electrons. The van der Waals surface area contributed by atoms with Crippen LogP contribution in [-0.2, 0) is 4.79 Å². The Balaban J connectivity index is 2.04. The van der Waals surface area contributed by atoms with Gasteiger partial charge in [0, 0.05) is 25.7 Å². The molecule has 6 heteroatoms. The van der Waals surface area contributed by atoms with Gasteiger partial charge < -0.3 is 9.80 Å². The molecule has 1 aliphatic rings. The number of likely N-dealkylation sites (tertiary alicyclic amines) is 1. The first-order chi connectivity index (χ1) is 8.59. The van der Waals surface area contributed by atoms with E-state index in [9.17, 15) is 4.79 Å². The summed E-state index contributed by atoms with van der Waals surface area (Å²) in [6.07, 6.45) is 3.63. The van der Waals surface area contributed by atoms with Crippen molar-refractivity contribution in [2.24, 2.45) is 0 Å². The van der Waals surface area contributed by atoms with Gasteiger partial charge in [-0.25, -0.2) is 9.97 Å². The molecule has 2 heterocycles. The van der Waals surface area contributed by atoms with Crippen molar-refractivity contribution in [1.29, 1.82) is 0 Å². The zero-order valence-electron chi connectivity index (χ0n) is 10.7. The molecule has 5 nitrogen and oxygen atoms in total. The molecule has 1 aliphatic heterocycles. The van der Waals surface area contributed by atoms with E-state index in [2.05, 4.69) is 9.97 Å². The molecule has 0 bridgehead atoms. The third kappa shape index (κ3) is 2.72. The van der Waals surface area contributed by atoms with Gasteiger partial charge in [-0.05, 0) is 19.8 Å². The number of hydrogen-bond donors (Lipinski definition) is 0. The molecule has 0 N–H and O–H groups in total. The number of anilines is 1. The molecule has 0 aromatic carbocycles. The Labute approximate surface area is 112 Å². The van der Waals surface area contributed by atoms with Crippen LogP contribution in [0.15, 0.2) is 6.33 Å². The van der Waals surface area contributed by atoms with Gasteiger partial charge in [0.15, 0.2) is 0 Å². The molecule has 1 aromatic heterocycles. The van der Waals surface area contributed by atoms with Crippen molar-refractivity contribution in [2.45, 2.75) is 19.8 Å². The van der Waals surface area contributed by atoms with Crippen molar-refractivity contribution in [3.63, 3.8) is 0 Å². The van der Waals surface area contributed by atoms with E-state index >= 15 is 0 Å². The van der Waals surface area contributed by atoms with Crippen molar-refractivity contribution >= 4 is 23.3 Å². The minimum absolute atomic E-state index is 0.143. The highest BCUT2D eigenvalue weighted by Gasteiger charge is 2.20. The Kier molecular flexibility index (Phi) is 4.01. The topological polar surface area (TPSA) is 49.3 Å². The second-order valence-corrected chi connectivity index (χ2v) is 4.92. The lowest BCUT2D eigenvalue weighted by Gasteiger charge is -2.23. The maximum Gasteiger partial charge on any atom is 0.242 e. The van der Waals surface area contributed by atoms with Crippen molar-refractivity contribution < 1.29 is 4.79 Å². The number of amides is 1. The van der Waals surface area contributed by atoms with Gasteiger partial charge in [0.25, 0.3) is 0 Å². The maximum absolute atomic E-state index is 12.0. The highest BCUT2D eigenvalue weighted by atomic mass is 35.5. The van der Waals surface area contributed by atoms with Crippen LogP contribution >= 0.6 is 11.6 Å². The summed E-state index contributed by atoms with van der Waals surface area (Å²) >= 11 is 5.95. The summed E-state index contributed by atoms with van der Waals surface area (Å²) < 4.78 is 0. The summed E-state index contributed by atoms with van der Waals surface area (Å²) in [5.74, 6) is 0.853. The third-order valence-corrected chi connectivity index (χ3v) is 3.57. The predicted octanol–water partition coefficient (Wildman–Crippen LogP) is 1.50. The zero-order chi connectivity index (χ0) is 13.1. The molecule has 0 atom stereocenters. The van der Waals surface area contributed by atoms with Crippen LogP contribution in [0.25, 0.3) is 0 Å². The normalized spacial score (nSPS) is 14.9. The van der Waals surface area contributed by atoms with Gasteiger partial charge in [-0.1, -0.05) is 11.6 Å². The van der Waals surface area contributed by atoms with Crippen molar-refractivity contribution in [2.75, 3.05) is 31.6 Å². The standard InChI is InChI=1S/C12H17ClN4O/c1-9-11(13)14-8-15-12(9)16(2)7-10(18)17-5-3-4-6-17/h8H,3-7H2,1-2H3. The van der Waals surface area contributed by atoms with E-state index < -0.39 is 0 Å². The molecule has 0 spiro atoms. The molecule has 0 unspecified atom stereocenters. The van der Waals surface area contributed by atoms with Crippen molar-refractivity contribution in [3.05, 3.63) is 17.0 Å². The SMILES string of the molecule is Cc1c(Cl)ncnc1N(C)CC(=O)N1CCCC1. The lowest BCUT2D eigenvalue weighted by Crippen LogP contribution is -2.37. The monoisotopic (exact) mass is 268 g/mol. The molecule has 1 aromatic rings. The van der Waals surface area contributed by atoms with E-state index in [1.54, 1.807) is 0 Å². The molecule has 0 aliphatic carbocycles. The number of carbonyl (C=O) groups is 1. The van der Waals surface area contributed by atoms with Gasteiger partial charge >= 0.3 is 0 Å². The molecule has 0 saturated carbocycles. The van der Waals surface area contributed by atoms with Crippen LogP contribution in [-0.4, -0.2) is 47.5 Å². The highest BCUT2D eigenvalue weighted by molar-refractivity contribution is 6.30. The number of aromatic nitrogens is 2. The second-order valence-electron chi connectivity index (χ2n) is 4.56. The average molecular weight is 269 g/mol. The van der Waals surface area contributed by atoms with E-state index in [-0.39, 0.29) is 5.91 Å². The Bertz CT molecular complexity index is 446.